The molecule has 150 valence electrons. The summed E-state index contributed by atoms with van der Waals surface area (Å²) in [6, 6.07) is 13.8. The van der Waals surface area contributed by atoms with E-state index >= 15 is 0 Å². The number of hydrogen-bond donors (Lipinski definition) is 0. The van der Waals surface area contributed by atoms with Crippen molar-refractivity contribution in [2.75, 3.05) is 31.1 Å². The zero-order chi connectivity index (χ0) is 19.4. The highest BCUT2D eigenvalue weighted by Crippen LogP contribution is 2.31. The fourth-order valence-corrected chi connectivity index (χ4v) is 4.57. The number of nitrogens with zero attached hydrogens (tertiary/aromatic N) is 3. The first-order valence-electron chi connectivity index (χ1n) is 9.19. The van der Waals surface area contributed by atoms with E-state index in [4.69, 9.17) is 4.98 Å². The van der Waals surface area contributed by atoms with Crippen molar-refractivity contribution in [3.05, 3.63) is 58.1 Å². The van der Waals surface area contributed by atoms with E-state index in [-0.39, 0.29) is 18.3 Å². The number of carbonyl (C=O) groups is 1. The third-order valence-electron chi connectivity index (χ3n) is 4.72. The molecule has 1 heterocycles. The van der Waals surface area contributed by atoms with Crippen LogP contribution in [0, 0.1) is 6.92 Å². The lowest BCUT2D eigenvalue weighted by atomic mass is 10.1. The van der Waals surface area contributed by atoms with Crippen molar-refractivity contribution in [2.24, 2.45) is 0 Å². The highest BCUT2D eigenvalue weighted by atomic mass is 79.9. The van der Waals surface area contributed by atoms with Gasteiger partial charge in [0.05, 0.1) is 10.2 Å². The molecular weight excluding hydrogens is 458 g/mol. The average molecular weight is 483 g/mol. The molecule has 4 nitrogen and oxygen atoms in total. The summed E-state index contributed by atoms with van der Waals surface area (Å²) in [6.45, 7) is 9.65. The summed E-state index contributed by atoms with van der Waals surface area (Å²) in [7, 11) is 0. The molecule has 0 atom stereocenters. The molecule has 1 aromatic heterocycles. The van der Waals surface area contributed by atoms with Crippen LogP contribution in [-0.4, -0.2) is 42.0 Å². The standard InChI is InChI=1S/C21H24BrN3OS.ClH/c1-4-24(5-2)12-13-25(20(26)17-9-7-6-8-15(17)3)21-23-18-11-10-16(22)14-19(18)27-21;/h6-11,14H,4-5,12-13H2,1-3H3;1H. The van der Waals surface area contributed by atoms with Crippen molar-refractivity contribution < 1.29 is 4.79 Å². The predicted octanol–water partition coefficient (Wildman–Crippen LogP) is 5.78. The Morgan fingerprint density at radius 2 is 1.82 bits per heavy atom. The number of likely N-dealkylation sites (N-methyl/N-ethyl adjacent to an activating group) is 1. The zero-order valence-corrected chi connectivity index (χ0v) is 19.5. The molecule has 0 radical (unpaired) electrons. The summed E-state index contributed by atoms with van der Waals surface area (Å²) in [6.07, 6.45) is 0. The van der Waals surface area contributed by atoms with Crippen LogP contribution in [0.4, 0.5) is 5.13 Å². The molecule has 28 heavy (non-hydrogen) atoms. The van der Waals surface area contributed by atoms with Crippen LogP contribution in [0.2, 0.25) is 0 Å². The Labute approximate surface area is 185 Å². The summed E-state index contributed by atoms with van der Waals surface area (Å²) in [5, 5.41) is 0.753. The third kappa shape index (κ3) is 5.11. The number of aromatic nitrogens is 1. The molecule has 0 aliphatic rings. The summed E-state index contributed by atoms with van der Waals surface area (Å²) >= 11 is 5.07. The van der Waals surface area contributed by atoms with Gasteiger partial charge in [-0.05, 0) is 49.8 Å². The molecule has 2 aromatic carbocycles. The van der Waals surface area contributed by atoms with Gasteiger partial charge in [0, 0.05) is 23.1 Å². The van der Waals surface area contributed by atoms with Crippen molar-refractivity contribution in [2.45, 2.75) is 20.8 Å². The Morgan fingerprint density at radius 1 is 1.11 bits per heavy atom. The number of aryl methyl sites for hydroxylation is 1. The van der Waals surface area contributed by atoms with Gasteiger partial charge in [-0.25, -0.2) is 4.98 Å². The maximum Gasteiger partial charge on any atom is 0.260 e. The van der Waals surface area contributed by atoms with Crippen LogP contribution in [0.15, 0.2) is 46.9 Å². The van der Waals surface area contributed by atoms with E-state index in [0.29, 0.717) is 6.54 Å². The zero-order valence-electron chi connectivity index (χ0n) is 16.3. The molecule has 0 unspecified atom stereocenters. The van der Waals surface area contributed by atoms with Gasteiger partial charge in [0.15, 0.2) is 5.13 Å². The molecule has 0 saturated heterocycles. The average Bonchev–Trinajstić information content (AvgIpc) is 3.08. The van der Waals surface area contributed by atoms with E-state index in [1.807, 2.05) is 48.2 Å². The second-order valence-electron chi connectivity index (χ2n) is 6.41. The van der Waals surface area contributed by atoms with Gasteiger partial charge in [-0.2, -0.15) is 0 Å². The second kappa shape index (κ2) is 10.3. The molecule has 3 rings (SSSR count). The summed E-state index contributed by atoms with van der Waals surface area (Å²) in [4.78, 5) is 22.3. The van der Waals surface area contributed by atoms with E-state index in [1.54, 1.807) is 11.3 Å². The van der Waals surface area contributed by atoms with Gasteiger partial charge in [-0.1, -0.05) is 59.3 Å². The van der Waals surface area contributed by atoms with Gasteiger partial charge in [0.1, 0.15) is 0 Å². The molecule has 0 fully saturated rings. The molecule has 0 saturated carbocycles. The highest BCUT2D eigenvalue weighted by Gasteiger charge is 2.23. The van der Waals surface area contributed by atoms with E-state index in [1.165, 1.54) is 0 Å². The maximum atomic E-state index is 13.4. The van der Waals surface area contributed by atoms with Crippen LogP contribution in [-0.2, 0) is 0 Å². The Morgan fingerprint density at radius 3 is 2.50 bits per heavy atom. The summed E-state index contributed by atoms with van der Waals surface area (Å²) in [5.74, 6) is 0.0124. The smallest absolute Gasteiger partial charge is 0.260 e. The van der Waals surface area contributed by atoms with Gasteiger partial charge >= 0.3 is 0 Å². The SMILES string of the molecule is CCN(CC)CCN(C(=O)c1ccccc1C)c1nc2ccc(Br)cc2s1.Cl. The Hall–Kier alpha value is -1.47. The number of rotatable bonds is 7. The monoisotopic (exact) mass is 481 g/mol. The third-order valence-corrected chi connectivity index (χ3v) is 6.26. The van der Waals surface area contributed by atoms with Crippen molar-refractivity contribution in [1.29, 1.82) is 0 Å². The van der Waals surface area contributed by atoms with Crippen molar-refractivity contribution >= 4 is 60.9 Å². The van der Waals surface area contributed by atoms with E-state index < -0.39 is 0 Å². The molecule has 7 heteroatoms. The number of fused-ring (bicyclic) bond motifs is 1. The Balaban J connectivity index is 0.00000280. The highest BCUT2D eigenvalue weighted by molar-refractivity contribution is 9.10. The molecule has 0 spiro atoms. The van der Waals surface area contributed by atoms with Crippen LogP contribution in [0.1, 0.15) is 29.8 Å². The molecule has 3 aromatic rings. The van der Waals surface area contributed by atoms with Crippen molar-refractivity contribution in [3.63, 3.8) is 0 Å². The van der Waals surface area contributed by atoms with Crippen LogP contribution in [0.25, 0.3) is 10.2 Å². The molecular formula is C21H25BrClN3OS. The first-order chi connectivity index (χ1) is 13.0. The number of thiazole rings is 1. The number of benzene rings is 2. The van der Waals surface area contributed by atoms with Gasteiger partial charge in [0.2, 0.25) is 0 Å². The number of anilines is 1. The first kappa shape index (κ1) is 22.8. The topological polar surface area (TPSA) is 36.4 Å². The molecule has 0 bridgehead atoms. The maximum absolute atomic E-state index is 13.4. The molecule has 0 N–H and O–H groups in total. The number of halogens is 2. The Bertz CT molecular complexity index is 942. The van der Waals surface area contributed by atoms with E-state index in [2.05, 4.69) is 40.7 Å². The lowest BCUT2D eigenvalue weighted by Gasteiger charge is -2.25. The summed E-state index contributed by atoms with van der Waals surface area (Å²) < 4.78 is 2.09. The minimum absolute atomic E-state index is 0. The quantitative estimate of drug-likeness (QED) is 0.428. The molecule has 0 aliphatic carbocycles. The first-order valence-corrected chi connectivity index (χ1v) is 10.8. The van der Waals surface area contributed by atoms with Crippen LogP contribution < -0.4 is 4.90 Å². The minimum atomic E-state index is 0. The fraction of sp³-hybridized carbons (Fsp3) is 0.333. The summed E-state index contributed by atoms with van der Waals surface area (Å²) in [5.41, 5.74) is 2.64. The van der Waals surface area contributed by atoms with Crippen molar-refractivity contribution in [3.8, 4) is 0 Å². The second-order valence-corrected chi connectivity index (χ2v) is 8.33. The normalized spacial score (nSPS) is 10.9. The minimum Gasteiger partial charge on any atom is -0.302 e. The van der Waals surface area contributed by atoms with Crippen LogP contribution in [0.5, 0.6) is 0 Å². The number of amides is 1. The van der Waals surface area contributed by atoms with Gasteiger partial charge in [-0.15, -0.1) is 12.4 Å². The van der Waals surface area contributed by atoms with Gasteiger partial charge in [0.25, 0.3) is 5.91 Å². The Kier molecular flexibility index (Phi) is 8.43. The number of carbonyl (C=O) groups excluding carboxylic acids is 1. The van der Waals surface area contributed by atoms with Crippen LogP contribution in [0.3, 0.4) is 0 Å². The lowest BCUT2D eigenvalue weighted by molar-refractivity contribution is 0.0983. The van der Waals surface area contributed by atoms with Crippen LogP contribution >= 0.6 is 39.7 Å². The van der Waals surface area contributed by atoms with Crippen molar-refractivity contribution in [1.82, 2.24) is 9.88 Å². The largest absolute Gasteiger partial charge is 0.302 e. The van der Waals surface area contributed by atoms with E-state index in [0.717, 1.165) is 50.6 Å². The van der Waals surface area contributed by atoms with E-state index in [9.17, 15) is 4.79 Å². The molecule has 1 amide bonds. The molecule has 0 aliphatic heterocycles. The predicted molar refractivity (Wildman–Crippen MR) is 125 cm³/mol. The van der Waals surface area contributed by atoms with Gasteiger partial charge in [-0.3, -0.25) is 9.69 Å². The lowest BCUT2D eigenvalue weighted by Crippen LogP contribution is -2.39. The fourth-order valence-electron chi connectivity index (χ4n) is 3.03. The number of hydrogen-bond acceptors (Lipinski definition) is 4. The van der Waals surface area contributed by atoms with Gasteiger partial charge < -0.3 is 4.90 Å².